The van der Waals surface area contributed by atoms with Gasteiger partial charge in [0.05, 0.1) is 24.2 Å². The van der Waals surface area contributed by atoms with Gasteiger partial charge in [0, 0.05) is 29.1 Å². The number of carboxylic acid groups (broad SMARTS) is 1. The first kappa shape index (κ1) is 25.3. The van der Waals surface area contributed by atoms with Crippen LogP contribution in [-0.2, 0) is 11.2 Å². The highest BCUT2D eigenvalue weighted by atomic mass is 32.2. The lowest BCUT2D eigenvalue weighted by Gasteiger charge is -2.25. The van der Waals surface area contributed by atoms with Gasteiger partial charge in [-0.15, -0.1) is 11.8 Å². The number of methoxy groups -OCH3 is 1. The van der Waals surface area contributed by atoms with Crippen molar-refractivity contribution in [3.8, 4) is 5.75 Å². The number of benzene rings is 2. The SMILES string of the molecule is COc1ccc2ncc(F)c(CCCC3(C(=O)O)CCN(CCSc4cc(F)ccc4F)C3)c2c1. The minimum atomic E-state index is -0.911. The second kappa shape index (κ2) is 10.9. The van der Waals surface area contributed by atoms with Crippen molar-refractivity contribution in [1.82, 2.24) is 9.88 Å². The first-order valence-corrected chi connectivity index (χ1v) is 12.4. The molecule has 35 heavy (non-hydrogen) atoms. The lowest BCUT2D eigenvalue weighted by atomic mass is 9.81. The van der Waals surface area contributed by atoms with E-state index in [0.29, 0.717) is 73.3 Å². The van der Waals surface area contributed by atoms with Crippen molar-refractivity contribution in [3.05, 3.63) is 65.6 Å². The molecule has 0 bridgehead atoms. The normalized spacial score (nSPS) is 18.3. The summed E-state index contributed by atoms with van der Waals surface area (Å²) in [6.07, 6.45) is 3.01. The number of pyridine rings is 1. The van der Waals surface area contributed by atoms with Gasteiger partial charge in [0.15, 0.2) is 0 Å². The number of likely N-dealkylation sites (tertiary alicyclic amines) is 1. The zero-order chi connectivity index (χ0) is 25.0. The van der Waals surface area contributed by atoms with Crippen LogP contribution in [0, 0.1) is 22.9 Å². The van der Waals surface area contributed by atoms with E-state index in [1.165, 1.54) is 24.0 Å². The Morgan fingerprint density at radius 3 is 2.80 bits per heavy atom. The van der Waals surface area contributed by atoms with Gasteiger partial charge in [-0.1, -0.05) is 0 Å². The van der Waals surface area contributed by atoms with Crippen LogP contribution in [-0.4, -0.2) is 53.5 Å². The van der Waals surface area contributed by atoms with Gasteiger partial charge in [-0.25, -0.2) is 13.2 Å². The molecular weight excluding hydrogens is 477 g/mol. The second-order valence-corrected chi connectivity index (χ2v) is 9.99. The zero-order valence-corrected chi connectivity index (χ0v) is 20.2. The molecule has 2 heterocycles. The van der Waals surface area contributed by atoms with Gasteiger partial charge >= 0.3 is 5.97 Å². The van der Waals surface area contributed by atoms with Crippen LogP contribution in [0.3, 0.4) is 0 Å². The number of aryl methyl sites for hydroxylation is 1. The number of halogens is 3. The van der Waals surface area contributed by atoms with Crippen LogP contribution in [0.1, 0.15) is 24.8 Å². The monoisotopic (exact) mass is 504 g/mol. The minimum Gasteiger partial charge on any atom is -0.497 e. The number of nitrogens with zero attached hydrogens (tertiary/aromatic N) is 2. The quantitative estimate of drug-likeness (QED) is 0.365. The summed E-state index contributed by atoms with van der Waals surface area (Å²) in [4.78, 5) is 18.7. The summed E-state index contributed by atoms with van der Waals surface area (Å²) in [5.41, 5.74) is 0.262. The second-order valence-electron chi connectivity index (χ2n) is 8.86. The summed E-state index contributed by atoms with van der Waals surface area (Å²) in [5.74, 6) is -1.10. The molecule has 1 aromatic heterocycles. The Kier molecular flexibility index (Phi) is 7.86. The Hall–Kier alpha value is -2.78. The van der Waals surface area contributed by atoms with E-state index in [9.17, 15) is 23.1 Å². The van der Waals surface area contributed by atoms with Gasteiger partial charge < -0.3 is 14.7 Å². The maximum absolute atomic E-state index is 14.6. The number of fused-ring (bicyclic) bond motifs is 1. The molecule has 9 heteroatoms. The molecule has 1 unspecified atom stereocenters. The summed E-state index contributed by atoms with van der Waals surface area (Å²) < 4.78 is 47.1. The molecule has 1 N–H and O–H groups in total. The summed E-state index contributed by atoms with van der Waals surface area (Å²) in [5, 5.41) is 10.7. The van der Waals surface area contributed by atoms with Gasteiger partial charge in [-0.2, -0.15) is 0 Å². The molecule has 4 rings (SSSR count). The molecule has 1 saturated heterocycles. The summed E-state index contributed by atoms with van der Waals surface area (Å²) in [7, 11) is 1.54. The Bertz CT molecular complexity index is 1230. The molecule has 0 radical (unpaired) electrons. The van der Waals surface area contributed by atoms with Crippen LogP contribution < -0.4 is 4.74 Å². The number of hydrogen-bond donors (Lipinski definition) is 1. The predicted octanol–water partition coefficient (Wildman–Crippen LogP) is 5.55. The average molecular weight is 505 g/mol. The minimum absolute atomic E-state index is 0.247. The third kappa shape index (κ3) is 5.73. The molecule has 0 saturated carbocycles. The molecule has 0 amide bonds. The van der Waals surface area contributed by atoms with E-state index >= 15 is 0 Å². The number of hydrogen-bond acceptors (Lipinski definition) is 5. The van der Waals surface area contributed by atoms with Crippen molar-refractivity contribution in [1.29, 1.82) is 0 Å². The van der Waals surface area contributed by atoms with E-state index in [1.54, 1.807) is 25.3 Å². The Morgan fingerprint density at radius 1 is 1.20 bits per heavy atom. The topological polar surface area (TPSA) is 62.7 Å². The van der Waals surface area contributed by atoms with Gasteiger partial charge in [-0.05, 0) is 74.2 Å². The van der Waals surface area contributed by atoms with Crippen molar-refractivity contribution >= 4 is 28.6 Å². The van der Waals surface area contributed by atoms with Crippen molar-refractivity contribution in [3.63, 3.8) is 0 Å². The van der Waals surface area contributed by atoms with Crippen LogP contribution in [0.25, 0.3) is 10.9 Å². The van der Waals surface area contributed by atoms with E-state index in [4.69, 9.17) is 4.74 Å². The number of carboxylic acids is 1. The molecule has 1 aliphatic heterocycles. The number of carbonyl (C=O) groups is 1. The number of aliphatic carboxylic acids is 1. The maximum atomic E-state index is 14.6. The highest BCUT2D eigenvalue weighted by molar-refractivity contribution is 7.99. The fraction of sp³-hybridized carbons (Fsp3) is 0.385. The summed E-state index contributed by atoms with van der Waals surface area (Å²) in [6.45, 7) is 1.56. The van der Waals surface area contributed by atoms with Crippen LogP contribution >= 0.6 is 11.8 Å². The molecule has 1 fully saturated rings. The Balaban J connectivity index is 1.37. The third-order valence-corrected chi connectivity index (χ3v) is 7.67. The third-order valence-electron chi connectivity index (χ3n) is 6.66. The molecule has 5 nitrogen and oxygen atoms in total. The molecule has 3 aromatic rings. The Morgan fingerprint density at radius 2 is 2.03 bits per heavy atom. The van der Waals surface area contributed by atoms with E-state index in [-0.39, 0.29) is 4.90 Å². The fourth-order valence-electron chi connectivity index (χ4n) is 4.69. The molecule has 2 aromatic carbocycles. The highest BCUT2D eigenvalue weighted by Crippen LogP contribution is 2.37. The van der Waals surface area contributed by atoms with Gasteiger partial charge in [0.25, 0.3) is 0 Å². The van der Waals surface area contributed by atoms with Crippen molar-refractivity contribution < 1.29 is 27.8 Å². The predicted molar refractivity (Wildman–Crippen MR) is 129 cm³/mol. The van der Waals surface area contributed by atoms with Gasteiger partial charge in [0.2, 0.25) is 0 Å². The largest absolute Gasteiger partial charge is 0.497 e. The van der Waals surface area contributed by atoms with E-state index in [0.717, 1.165) is 12.1 Å². The zero-order valence-electron chi connectivity index (χ0n) is 19.4. The molecule has 0 spiro atoms. The first-order chi connectivity index (χ1) is 16.8. The average Bonchev–Trinajstić information content (AvgIpc) is 3.27. The number of aromatic nitrogens is 1. The van der Waals surface area contributed by atoms with Gasteiger partial charge in [-0.3, -0.25) is 9.78 Å². The fourth-order valence-corrected chi connectivity index (χ4v) is 5.67. The van der Waals surface area contributed by atoms with E-state index in [2.05, 4.69) is 4.98 Å². The van der Waals surface area contributed by atoms with Crippen LogP contribution in [0.15, 0.2) is 47.5 Å². The maximum Gasteiger partial charge on any atom is 0.310 e. The molecule has 1 aliphatic rings. The first-order valence-electron chi connectivity index (χ1n) is 11.5. The molecule has 186 valence electrons. The summed E-state index contributed by atoms with van der Waals surface area (Å²) in [6, 6.07) is 8.65. The van der Waals surface area contributed by atoms with Crippen LogP contribution in [0.4, 0.5) is 13.2 Å². The number of thioether (sulfide) groups is 1. The lowest BCUT2D eigenvalue weighted by Crippen LogP contribution is -2.35. The van der Waals surface area contributed by atoms with Gasteiger partial charge in [0.1, 0.15) is 23.2 Å². The van der Waals surface area contributed by atoms with Crippen molar-refractivity contribution in [2.75, 3.05) is 32.5 Å². The molecule has 0 aliphatic carbocycles. The smallest absolute Gasteiger partial charge is 0.310 e. The highest BCUT2D eigenvalue weighted by Gasteiger charge is 2.44. The lowest BCUT2D eigenvalue weighted by molar-refractivity contribution is -0.148. The summed E-state index contributed by atoms with van der Waals surface area (Å²) >= 11 is 1.22. The van der Waals surface area contributed by atoms with Crippen molar-refractivity contribution in [2.24, 2.45) is 5.41 Å². The number of ether oxygens (including phenoxy) is 1. The van der Waals surface area contributed by atoms with Crippen LogP contribution in [0.2, 0.25) is 0 Å². The molecular formula is C26H27F3N2O3S. The Labute approximate surface area is 206 Å². The van der Waals surface area contributed by atoms with Crippen LogP contribution in [0.5, 0.6) is 5.75 Å². The standard InChI is InChI=1S/C26H27F3N2O3S/c1-34-18-5-7-23-20(14-18)19(22(29)15-30-23)3-2-8-26(25(32)33)9-10-31(16-26)11-12-35-24-13-17(27)4-6-21(24)28/h4-7,13-15H,2-3,8-12,16H2,1H3,(H,32,33). The van der Waals surface area contributed by atoms with Crippen molar-refractivity contribution in [2.45, 2.75) is 30.6 Å². The number of rotatable bonds is 10. The van der Waals surface area contributed by atoms with E-state index < -0.39 is 28.8 Å². The van der Waals surface area contributed by atoms with E-state index in [1.807, 2.05) is 4.90 Å². The molecule has 1 atom stereocenters.